The van der Waals surface area contributed by atoms with Crippen LogP contribution >= 0.6 is 11.6 Å². The highest BCUT2D eigenvalue weighted by atomic mass is 35.5. The van der Waals surface area contributed by atoms with Gasteiger partial charge in [-0.05, 0) is 55.3 Å². The molecule has 0 bridgehead atoms. The van der Waals surface area contributed by atoms with Gasteiger partial charge in [0.1, 0.15) is 11.9 Å². The summed E-state index contributed by atoms with van der Waals surface area (Å²) >= 11 is 6.23. The summed E-state index contributed by atoms with van der Waals surface area (Å²) in [4.78, 5) is 10.3. The molecule has 35 heavy (non-hydrogen) atoms. The minimum absolute atomic E-state index is 0.0474. The van der Waals surface area contributed by atoms with Crippen LogP contribution in [0.3, 0.4) is 0 Å². The van der Waals surface area contributed by atoms with E-state index in [0.29, 0.717) is 16.8 Å². The van der Waals surface area contributed by atoms with Gasteiger partial charge in [-0.3, -0.25) is 9.47 Å². The number of nitrogens with zero attached hydrogens (tertiary/aromatic N) is 7. The van der Waals surface area contributed by atoms with Gasteiger partial charge in [-0.25, -0.2) is 4.98 Å². The first-order valence-corrected chi connectivity index (χ1v) is 12.0. The summed E-state index contributed by atoms with van der Waals surface area (Å²) in [5.41, 5.74) is 2.86. The van der Waals surface area contributed by atoms with Gasteiger partial charge < -0.3 is 9.80 Å². The number of halogens is 4. The number of rotatable bonds is 3. The third-order valence-electron chi connectivity index (χ3n) is 7.35. The molecule has 1 unspecified atom stereocenters. The van der Waals surface area contributed by atoms with Crippen molar-refractivity contribution in [1.29, 1.82) is 0 Å². The Morgan fingerprint density at radius 3 is 2.46 bits per heavy atom. The van der Waals surface area contributed by atoms with Crippen LogP contribution in [0, 0.1) is 12.3 Å². The van der Waals surface area contributed by atoms with E-state index in [1.165, 1.54) is 17.4 Å². The fourth-order valence-corrected chi connectivity index (χ4v) is 5.62. The molecule has 2 saturated heterocycles. The lowest BCUT2D eigenvalue weighted by Gasteiger charge is -2.60. The Labute approximate surface area is 206 Å². The van der Waals surface area contributed by atoms with Crippen molar-refractivity contribution in [3.05, 3.63) is 58.5 Å². The van der Waals surface area contributed by atoms with Crippen LogP contribution in [-0.4, -0.2) is 63.0 Å². The second-order valence-electron chi connectivity index (χ2n) is 10.1. The molecule has 0 radical (unpaired) electrons. The lowest BCUT2D eigenvalue weighted by molar-refractivity contribution is -0.182. The Morgan fingerprint density at radius 1 is 1.00 bits per heavy atom. The highest BCUT2D eigenvalue weighted by Gasteiger charge is 2.53. The van der Waals surface area contributed by atoms with E-state index in [2.05, 4.69) is 38.0 Å². The van der Waals surface area contributed by atoms with Gasteiger partial charge in [-0.2, -0.15) is 13.2 Å². The SMILES string of the molecule is Cc1ccnc(N2CC3(C2)CN(c2nnc4n2-c2ccc(Cl)cc2CN(C(C)C(F)(F)F)C4)C3)c1. The van der Waals surface area contributed by atoms with Gasteiger partial charge in [0.25, 0.3) is 0 Å². The molecule has 3 aliphatic heterocycles. The zero-order valence-corrected chi connectivity index (χ0v) is 20.2. The Balaban J connectivity index is 1.26. The van der Waals surface area contributed by atoms with Crippen LogP contribution in [0.2, 0.25) is 5.02 Å². The van der Waals surface area contributed by atoms with E-state index in [9.17, 15) is 13.2 Å². The summed E-state index contributed by atoms with van der Waals surface area (Å²) < 4.78 is 42.6. The fourth-order valence-electron chi connectivity index (χ4n) is 5.42. The van der Waals surface area contributed by atoms with E-state index in [1.54, 1.807) is 12.1 Å². The normalized spacial score (nSPS) is 20.1. The number of pyridine rings is 1. The predicted octanol–water partition coefficient (Wildman–Crippen LogP) is 4.22. The van der Waals surface area contributed by atoms with Crippen molar-refractivity contribution in [2.45, 2.75) is 39.2 Å². The summed E-state index contributed by atoms with van der Waals surface area (Å²) in [7, 11) is 0. The molecule has 0 amide bonds. The van der Waals surface area contributed by atoms with Crippen molar-refractivity contribution in [2.75, 3.05) is 36.0 Å². The summed E-state index contributed by atoms with van der Waals surface area (Å²) in [6.07, 6.45) is -2.51. The summed E-state index contributed by atoms with van der Waals surface area (Å²) in [6, 6.07) is 7.80. The number of alkyl halides is 3. The minimum atomic E-state index is -4.34. The zero-order valence-electron chi connectivity index (χ0n) is 19.4. The van der Waals surface area contributed by atoms with Crippen LogP contribution in [-0.2, 0) is 13.1 Å². The third-order valence-corrected chi connectivity index (χ3v) is 7.58. The first kappa shape index (κ1) is 22.6. The molecule has 5 heterocycles. The molecule has 3 aliphatic rings. The highest BCUT2D eigenvalue weighted by Crippen LogP contribution is 2.44. The molecule has 11 heteroatoms. The largest absolute Gasteiger partial charge is 0.403 e. The van der Waals surface area contributed by atoms with Crippen molar-refractivity contribution in [3.8, 4) is 5.69 Å². The second-order valence-corrected chi connectivity index (χ2v) is 10.5. The van der Waals surface area contributed by atoms with Crippen LogP contribution in [0.5, 0.6) is 0 Å². The monoisotopic (exact) mass is 503 g/mol. The average Bonchev–Trinajstić information content (AvgIpc) is 3.06. The number of hydrogen-bond donors (Lipinski definition) is 0. The average molecular weight is 504 g/mol. The van der Waals surface area contributed by atoms with Crippen molar-refractivity contribution < 1.29 is 13.2 Å². The molecule has 1 atom stereocenters. The molecule has 3 aromatic rings. The van der Waals surface area contributed by atoms with E-state index in [1.807, 2.05) is 22.9 Å². The Hall–Kier alpha value is -2.85. The van der Waals surface area contributed by atoms with Crippen molar-refractivity contribution >= 4 is 23.4 Å². The van der Waals surface area contributed by atoms with Gasteiger partial charge in [0.2, 0.25) is 5.95 Å². The van der Waals surface area contributed by atoms with E-state index in [4.69, 9.17) is 11.6 Å². The van der Waals surface area contributed by atoms with E-state index < -0.39 is 12.2 Å². The van der Waals surface area contributed by atoms with Gasteiger partial charge in [0, 0.05) is 49.4 Å². The van der Waals surface area contributed by atoms with Crippen LogP contribution in [0.4, 0.5) is 24.9 Å². The van der Waals surface area contributed by atoms with Crippen LogP contribution in [0.25, 0.3) is 5.69 Å². The number of aromatic nitrogens is 4. The van der Waals surface area contributed by atoms with Crippen molar-refractivity contribution in [1.82, 2.24) is 24.6 Å². The van der Waals surface area contributed by atoms with Gasteiger partial charge in [-0.1, -0.05) is 11.6 Å². The maximum absolute atomic E-state index is 13.6. The van der Waals surface area contributed by atoms with Gasteiger partial charge >= 0.3 is 6.18 Å². The molecule has 2 aromatic heterocycles. The van der Waals surface area contributed by atoms with Gasteiger partial charge in [0.15, 0.2) is 5.82 Å². The molecular weight excluding hydrogens is 479 g/mol. The summed E-state index contributed by atoms with van der Waals surface area (Å²) in [5, 5.41) is 9.24. The second kappa shape index (κ2) is 7.83. The maximum Gasteiger partial charge on any atom is 0.403 e. The molecule has 184 valence electrons. The van der Waals surface area contributed by atoms with Crippen molar-refractivity contribution in [3.63, 3.8) is 0 Å². The number of benzene rings is 1. The zero-order chi connectivity index (χ0) is 24.5. The quantitative estimate of drug-likeness (QED) is 0.533. The summed E-state index contributed by atoms with van der Waals surface area (Å²) in [6.45, 7) is 6.89. The number of fused-ring (bicyclic) bond motifs is 3. The van der Waals surface area contributed by atoms with Gasteiger partial charge in [0.05, 0.1) is 12.2 Å². The Kier molecular flexibility index (Phi) is 5.05. The molecule has 2 fully saturated rings. The van der Waals surface area contributed by atoms with Crippen LogP contribution in [0.1, 0.15) is 23.9 Å². The fraction of sp³-hybridized carbons (Fsp3) is 0.458. The molecule has 6 rings (SSSR count). The topological polar surface area (TPSA) is 53.3 Å². The standard InChI is InChI=1S/C24H25ClF3N7/c1-15-5-6-29-20(7-15)33-11-23(12-33)13-34(14-23)22-31-30-21-10-32(16(2)24(26,27)28)9-17-8-18(25)3-4-19(17)35(21)22/h3-8,16H,9-14H2,1-2H3. The Morgan fingerprint density at radius 2 is 1.74 bits per heavy atom. The highest BCUT2D eigenvalue weighted by molar-refractivity contribution is 6.30. The van der Waals surface area contributed by atoms with Crippen LogP contribution in [0.15, 0.2) is 36.5 Å². The lowest BCUT2D eigenvalue weighted by atomic mass is 9.73. The minimum Gasteiger partial charge on any atom is -0.355 e. The van der Waals surface area contributed by atoms with E-state index in [0.717, 1.165) is 43.2 Å². The lowest BCUT2D eigenvalue weighted by Crippen LogP contribution is -2.73. The number of aryl methyl sites for hydroxylation is 1. The maximum atomic E-state index is 13.6. The smallest absolute Gasteiger partial charge is 0.355 e. The first-order valence-electron chi connectivity index (χ1n) is 11.6. The molecule has 0 N–H and O–H groups in total. The van der Waals surface area contributed by atoms with Gasteiger partial charge in [-0.15, -0.1) is 10.2 Å². The Bertz CT molecular complexity index is 1280. The summed E-state index contributed by atoms with van der Waals surface area (Å²) in [5.74, 6) is 2.16. The molecule has 1 aromatic carbocycles. The molecule has 7 nitrogen and oxygen atoms in total. The number of hydrogen-bond acceptors (Lipinski definition) is 6. The van der Waals surface area contributed by atoms with Crippen molar-refractivity contribution in [2.24, 2.45) is 5.41 Å². The molecule has 0 saturated carbocycles. The molecule has 0 aliphatic carbocycles. The molecular formula is C24H25ClF3N7. The predicted molar refractivity (Wildman–Crippen MR) is 127 cm³/mol. The molecule has 1 spiro atoms. The van der Waals surface area contributed by atoms with E-state index >= 15 is 0 Å². The van der Waals surface area contributed by atoms with E-state index in [-0.39, 0.29) is 18.5 Å². The first-order chi connectivity index (χ1) is 16.6. The van der Waals surface area contributed by atoms with Crippen LogP contribution < -0.4 is 9.80 Å². The third kappa shape index (κ3) is 3.83. The number of anilines is 2.